The van der Waals surface area contributed by atoms with Crippen molar-refractivity contribution in [2.45, 2.75) is 26.7 Å². The van der Waals surface area contributed by atoms with Gasteiger partial charge < -0.3 is 10.1 Å². The first kappa shape index (κ1) is 13.5. The Morgan fingerprint density at radius 3 is 2.38 bits per heavy atom. The smallest absolute Gasteiger partial charge is 0.125 e. The van der Waals surface area contributed by atoms with Gasteiger partial charge in [-0.15, -0.1) is 0 Å². The summed E-state index contributed by atoms with van der Waals surface area (Å²) in [5.41, 5.74) is 2.39. The Kier molecular flexibility index (Phi) is 5.85. The second-order valence-electron chi connectivity index (χ2n) is 4.03. The maximum absolute atomic E-state index is 5.82. The second-order valence-corrected chi connectivity index (χ2v) is 4.94. The zero-order chi connectivity index (χ0) is 12.0. The molecule has 90 valence electrons. The number of hydrogen-bond acceptors (Lipinski definition) is 2. The van der Waals surface area contributed by atoms with Gasteiger partial charge in [-0.2, -0.15) is 0 Å². The summed E-state index contributed by atoms with van der Waals surface area (Å²) >= 11 is 3.49. The average Bonchev–Trinajstić information content (AvgIpc) is 2.20. The molecule has 1 aromatic rings. The third-order valence-electron chi connectivity index (χ3n) is 2.49. The van der Waals surface area contributed by atoms with Crippen LogP contribution in [0.2, 0.25) is 0 Å². The first-order valence-electron chi connectivity index (χ1n) is 5.69. The molecular weight excluding hydrogens is 266 g/mol. The van der Waals surface area contributed by atoms with E-state index in [1.807, 2.05) is 7.05 Å². The Morgan fingerprint density at radius 2 is 1.81 bits per heavy atom. The van der Waals surface area contributed by atoms with Crippen LogP contribution in [0, 0.1) is 13.8 Å². The van der Waals surface area contributed by atoms with Gasteiger partial charge in [0.05, 0.1) is 6.61 Å². The minimum absolute atomic E-state index is 0.797. The lowest BCUT2D eigenvalue weighted by Gasteiger charge is -2.12. The lowest BCUT2D eigenvalue weighted by molar-refractivity contribution is 0.302. The van der Waals surface area contributed by atoms with E-state index in [2.05, 4.69) is 47.2 Å². The van der Waals surface area contributed by atoms with E-state index in [9.17, 15) is 0 Å². The molecule has 2 nitrogen and oxygen atoms in total. The number of hydrogen-bond donors (Lipinski definition) is 1. The molecule has 1 N–H and O–H groups in total. The summed E-state index contributed by atoms with van der Waals surface area (Å²) in [6.45, 7) is 6.02. The Balaban J connectivity index is 2.47. The van der Waals surface area contributed by atoms with E-state index in [0.29, 0.717) is 0 Å². The van der Waals surface area contributed by atoms with Gasteiger partial charge in [0.25, 0.3) is 0 Å². The molecule has 0 fully saturated rings. The standard InChI is InChI=1S/C13H20BrNO/c1-10-8-12(14)9-11(2)13(10)16-7-5-4-6-15-3/h8-9,15H,4-7H2,1-3H3. The van der Waals surface area contributed by atoms with Crippen molar-refractivity contribution in [1.82, 2.24) is 5.32 Å². The van der Waals surface area contributed by atoms with E-state index >= 15 is 0 Å². The van der Waals surface area contributed by atoms with E-state index in [0.717, 1.165) is 36.2 Å². The van der Waals surface area contributed by atoms with E-state index in [1.165, 1.54) is 11.1 Å². The summed E-state index contributed by atoms with van der Waals surface area (Å²) in [4.78, 5) is 0. The first-order chi connectivity index (χ1) is 7.65. The minimum atomic E-state index is 0.797. The van der Waals surface area contributed by atoms with Crippen molar-refractivity contribution >= 4 is 15.9 Å². The monoisotopic (exact) mass is 285 g/mol. The number of benzene rings is 1. The van der Waals surface area contributed by atoms with Gasteiger partial charge >= 0.3 is 0 Å². The molecule has 0 unspecified atom stereocenters. The van der Waals surface area contributed by atoms with Crippen molar-refractivity contribution in [2.75, 3.05) is 20.2 Å². The van der Waals surface area contributed by atoms with E-state index in [1.54, 1.807) is 0 Å². The van der Waals surface area contributed by atoms with Crippen LogP contribution in [0.4, 0.5) is 0 Å². The Bertz CT molecular complexity index is 316. The van der Waals surface area contributed by atoms with Crippen LogP contribution in [0.25, 0.3) is 0 Å². The van der Waals surface area contributed by atoms with Crippen LogP contribution in [-0.4, -0.2) is 20.2 Å². The van der Waals surface area contributed by atoms with Crippen LogP contribution in [0.3, 0.4) is 0 Å². The van der Waals surface area contributed by atoms with Gasteiger partial charge in [0.15, 0.2) is 0 Å². The second kappa shape index (κ2) is 6.92. The van der Waals surface area contributed by atoms with Crippen LogP contribution in [0.15, 0.2) is 16.6 Å². The number of ether oxygens (including phenoxy) is 1. The third kappa shape index (κ3) is 4.14. The SMILES string of the molecule is CNCCCCOc1c(C)cc(Br)cc1C. The van der Waals surface area contributed by atoms with Crippen molar-refractivity contribution in [3.8, 4) is 5.75 Å². The molecule has 3 heteroatoms. The number of nitrogens with one attached hydrogen (secondary N) is 1. The van der Waals surface area contributed by atoms with Crippen LogP contribution >= 0.6 is 15.9 Å². The minimum Gasteiger partial charge on any atom is -0.493 e. The molecule has 1 aromatic carbocycles. The number of halogens is 1. The topological polar surface area (TPSA) is 21.3 Å². The number of unbranched alkanes of at least 4 members (excludes halogenated alkanes) is 1. The number of aryl methyl sites for hydroxylation is 2. The largest absolute Gasteiger partial charge is 0.493 e. The molecule has 0 radical (unpaired) electrons. The predicted molar refractivity (Wildman–Crippen MR) is 72.3 cm³/mol. The fraction of sp³-hybridized carbons (Fsp3) is 0.538. The summed E-state index contributed by atoms with van der Waals surface area (Å²) in [6, 6.07) is 4.19. The highest BCUT2D eigenvalue weighted by Gasteiger charge is 2.04. The molecule has 0 atom stereocenters. The molecule has 0 aromatic heterocycles. The van der Waals surface area contributed by atoms with Gasteiger partial charge in [0.1, 0.15) is 5.75 Å². The molecule has 0 amide bonds. The fourth-order valence-corrected chi connectivity index (χ4v) is 2.39. The fourth-order valence-electron chi connectivity index (χ4n) is 1.70. The normalized spacial score (nSPS) is 10.5. The molecule has 0 aliphatic carbocycles. The zero-order valence-electron chi connectivity index (χ0n) is 10.3. The number of rotatable bonds is 6. The maximum atomic E-state index is 5.82. The van der Waals surface area contributed by atoms with Gasteiger partial charge in [-0.25, -0.2) is 0 Å². The van der Waals surface area contributed by atoms with Gasteiger partial charge in [0, 0.05) is 4.47 Å². The van der Waals surface area contributed by atoms with Crippen molar-refractivity contribution in [3.63, 3.8) is 0 Å². The summed E-state index contributed by atoms with van der Waals surface area (Å²) in [6.07, 6.45) is 2.25. The maximum Gasteiger partial charge on any atom is 0.125 e. The molecule has 0 aliphatic rings. The van der Waals surface area contributed by atoms with E-state index in [-0.39, 0.29) is 0 Å². The van der Waals surface area contributed by atoms with Crippen LogP contribution < -0.4 is 10.1 Å². The van der Waals surface area contributed by atoms with Gasteiger partial charge in [0.2, 0.25) is 0 Å². The highest BCUT2D eigenvalue weighted by atomic mass is 79.9. The lowest BCUT2D eigenvalue weighted by Crippen LogP contribution is -2.09. The molecule has 0 saturated carbocycles. The van der Waals surface area contributed by atoms with E-state index < -0.39 is 0 Å². The third-order valence-corrected chi connectivity index (χ3v) is 2.95. The lowest BCUT2D eigenvalue weighted by atomic mass is 10.1. The van der Waals surface area contributed by atoms with Gasteiger partial charge in [-0.1, -0.05) is 15.9 Å². The van der Waals surface area contributed by atoms with Crippen molar-refractivity contribution in [1.29, 1.82) is 0 Å². The Hall–Kier alpha value is -0.540. The van der Waals surface area contributed by atoms with Crippen molar-refractivity contribution < 1.29 is 4.74 Å². The summed E-state index contributed by atoms with van der Waals surface area (Å²) in [7, 11) is 1.98. The zero-order valence-corrected chi connectivity index (χ0v) is 11.9. The molecule has 0 bridgehead atoms. The Morgan fingerprint density at radius 1 is 1.19 bits per heavy atom. The highest BCUT2D eigenvalue weighted by Crippen LogP contribution is 2.27. The van der Waals surface area contributed by atoms with Gasteiger partial charge in [-0.3, -0.25) is 0 Å². The highest BCUT2D eigenvalue weighted by molar-refractivity contribution is 9.10. The molecule has 0 heterocycles. The first-order valence-corrected chi connectivity index (χ1v) is 6.48. The molecule has 0 spiro atoms. The van der Waals surface area contributed by atoms with Crippen molar-refractivity contribution in [2.24, 2.45) is 0 Å². The summed E-state index contributed by atoms with van der Waals surface area (Å²) < 4.78 is 6.94. The van der Waals surface area contributed by atoms with Crippen molar-refractivity contribution in [3.05, 3.63) is 27.7 Å². The summed E-state index contributed by atoms with van der Waals surface area (Å²) in [5, 5.41) is 3.13. The quantitative estimate of drug-likeness (QED) is 0.809. The molecule has 0 saturated heterocycles. The molecule has 0 aliphatic heterocycles. The molecular formula is C13H20BrNO. The molecule has 16 heavy (non-hydrogen) atoms. The van der Waals surface area contributed by atoms with E-state index in [4.69, 9.17) is 4.74 Å². The Labute approximate surface area is 107 Å². The average molecular weight is 286 g/mol. The van der Waals surface area contributed by atoms with Crippen LogP contribution in [0.5, 0.6) is 5.75 Å². The van der Waals surface area contributed by atoms with Gasteiger partial charge in [-0.05, 0) is 63.5 Å². The molecule has 1 rings (SSSR count). The van der Waals surface area contributed by atoms with Crippen LogP contribution in [-0.2, 0) is 0 Å². The van der Waals surface area contributed by atoms with Crippen LogP contribution in [0.1, 0.15) is 24.0 Å². The summed E-state index contributed by atoms with van der Waals surface area (Å²) in [5.74, 6) is 1.03. The predicted octanol–water partition coefficient (Wildman–Crippen LogP) is 3.44.